The van der Waals surface area contributed by atoms with Crippen LogP contribution in [0, 0.1) is 29.1 Å². The highest BCUT2D eigenvalue weighted by atomic mass is 19.4. The highest BCUT2D eigenvalue weighted by molar-refractivity contribution is 5.95. The molecule has 2 fully saturated rings. The summed E-state index contributed by atoms with van der Waals surface area (Å²) in [5.41, 5.74) is 2.03. The molecule has 9 nitrogen and oxygen atoms in total. The van der Waals surface area contributed by atoms with Gasteiger partial charge in [-0.1, -0.05) is 6.92 Å². The summed E-state index contributed by atoms with van der Waals surface area (Å²) in [5, 5.41) is 17.7. The second kappa shape index (κ2) is 9.70. The zero-order valence-corrected chi connectivity index (χ0v) is 21.5. The molecule has 0 spiro atoms. The number of ether oxygens (including phenoxy) is 1. The van der Waals surface area contributed by atoms with Crippen LogP contribution in [0.3, 0.4) is 0 Å². The van der Waals surface area contributed by atoms with Crippen LogP contribution in [0.1, 0.15) is 43.4 Å². The molecule has 2 unspecified atom stereocenters. The van der Waals surface area contributed by atoms with E-state index in [9.17, 15) is 23.2 Å². The van der Waals surface area contributed by atoms with Crippen molar-refractivity contribution in [2.24, 2.45) is 17.8 Å². The number of halogens is 3. The van der Waals surface area contributed by atoms with Gasteiger partial charge in [-0.25, -0.2) is 0 Å². The number of nitriles is 1. The van der Waals surface area contributed by atoms with Crippen LogP contribution < -0.4 is 9.64 Å². The van der Waals surface area contributed by atoms with Crippen molar-refractivity contribution in [3.8, 4) is 11.8 Å². The van der Waals surface area contributed by atoms with Gasteiger partial charge in [0.15, 0.2) is 5.82 Å². The molecule has 1 saturated carbocycles. The molecule has 1 aliphatic carbocycles. The number of hydrogen-bond donors (Lipinski definition) is 0. The van der Waals surface area contributed by atoms with Crippen LogP contribution in [0.2, 0.25) is 0 Å². The third-order valence-electron chi connectivity index (χ3n) is 7.97. The van der Waals surface area contributed by atoms with Gasteiger partial charge in [-0.05, 0) is 43.2 Å². The molecule has 2 aliphatic heterocycles. The number of benzene rings is 1. The maximum absolute atomic E-state index is 13.5. The molecule has 39 heavy (non-hydrogen) atoms. The van der Waals surface area contributed by atoms with Crippen molar-refractivity contribution in [1.82, 2.24) is 24.6 Å². The van der Waals surface area contributed by atoms with E-state index < -0.39 is 12.0 Å². The third kappa shape index (κ3) is 4.86. The lowest BCUT2D eigenvalue weighted by Crippen LogP contribution is -2.49. The van der Waals surface area contributed by atoms with Gasteiger partial charge >= 0.3 is 6.18 Å². The fraction of sp³-hybridized carbons (Fsp3) is 0.519. The second-order valence-corrected chi connectivity index (χ2v) is 10.7. The predicted molar refractivity (Wildman–Crippen MR) is 135 cm³/mol. The lowest BCUT2D eigenvalue weighted by Gasteiger charge is -2.40. The first-order valence-electron chi connectivity index (χ1n) is 13.2. The first-order valence-corrected chi connectivity index (χ1v) is 13.2. The first kappa shape index (κ1) is 25.4. The predicted octanol–water partition coefficient (Wildman–Crippen LogP) is 4.01. The van der Waals surface area contributed by atoms with Crippen molar-refractivity contribution < 1.29 is 22.7 Å². The minimum absolute atomic E-state index is 0.00751. The number of alkyl halides is 3. The van der Waals surface area contributed by atoms with Gasteiger partial charge in [0.1, 0.15) is 11.8 Å². The molecule has 0 bridgehead atoms. The van der Waals surface area contributed by atoms with Crippen LogP contribution in [-0.4, -0.2) is 56.8 Å². The first-order chi connectivity index (χ1) is 18.7. The maximum atomic E-state index is 13.5. The molecule has 1 amide bonds. The normalized spacial score (nSPS) is 21.5. The van der Waals surface area contributed by atoms with Gasteiger partial charge in [0, 0.05) is 49.7 Å². The van der Waals surface area contributed by atoms with Crippen molar-refractivity contribution in [2.75, 3.05) is 31.1 Å². The molecule has 1 saturated heterocycles. The van der Waals surface area contributed by atoms with Crippen LogP contribution >= 0.6 is 0 Å². The number of hydrogen-bond acceptors (Lipinski definition) is 7. The topological polar surface area (TPSA) is 100 Å². The Bertz CT molecular complexity index is 1460. The summed E-state index contributed by atoms with van der Waals surface area (Å²) in [7, 11) is 0. The van der Waals surface area contributed by atoms with Crippen LogP contribution in [0.5, 0.6) is 5.75 Å². The molecule has 0 radical (unpaired) electrons. The number of anilines is 1. The molecule has 3 aromatic rings. The smallest absolute Gasteiger partial charge is 0.451 e. The fourth-order valence-corrected chi connectivity index (χ4v) is 5.68. The van der Waals surface area contributed by atoms with Crippen LogP contribution in [0.25, 0.3) is 10.9 Å². The number of pyridine rings is 1. The number of fused-ring (bicyclic) bond motifs is 2. The van der Waals surface area contributed by atoms with Gasteiger partial charge in [-0.2, -0.15) is 18.4 Å². The maximum Gasteiger partial charge on any atom is 0.451 e. The molecule has 2 atom stereocenters. The number of amides is 1. The average Bonchev–Trinajstić information content (AvgIpc) is 3.65. The van der Waals surface area contributed by atoms with E-state index in [0.717, 1.165) is 26.9 Å². The Balaban J connectivity index is 1.17. The summed E-state index contributed by atoms with van der Waals surface area (Å²) in [5.74, 6) is 0.126. The fourth-order valence-electron chi connectivity index (χ4n) is 5.68. The molecule has 204 valence electrons. The van der Waals surface area contributed by atoms with Crippen LogP contribution in [0.4, 0.5) is 18.9 Å². The molecule has 2 aromatic heterocycles. The summed E-state index contributed by atoms with van der Waals surface area (Å²) >= 11 is 0. The van der Waals surface area contributed by atoms with Crippen molar-refractivity contribution in [3.05, 3.63) is 41.6 Å². The van der Waals surface area contributed by atoms with E-state index in [-0.39, 0.29) is 43.2 Å². The van der Waals surface area contributed by atoms with Gasteiger partial charge in [-0.3, -0.25) is 9.78 Å². The average molecular weight is 540 g/mol. The van der Waals surface area contributed by atoms with E-state index in [1.165, 1.54) is 12.8 Å². The van der Waals surface area contributed by atoms with Crippen molar-refractivity contribution in [1.29, 1.82) is 5.26 Å². The molecule has 1 aromatic carbocycles. The lowest BCUT2D eigenvalue weighted by molar-refractivity contribution is -0.148. The molecule has 3 aliphatic rings. The molecule has 0 N–H and O–H groups in total. The summed E-state index contributed by atoms with van der Waals surface area (Å²) in [6.07, 6.45) is -0.0199. The quantitative estimate of drug-likeness (QED) is 0.483. The molecular weight excluding hydrogens is 511 g/mol. The summed E-state index contributed by atoms with van der Waals surface area (Å²) in [6.45, 7) is 4.03. The molecular formula is C27H28F3N7O2. The number of nitrogens with zero attached hydrogens (tertiary/aromatic N) is 7. The van der Waals surface area contributed by atoms with E-state index in [0.29, 0.717) is 37.6 Å². The van der Waals surface area contributed by atoms with Gasteiger partial charge in [-0.15, -0.1) is 10.2 Å². The largest absolute Gasteiger partial charge is 0.493 e. The van der Waals surface area contributed by atoms with Gasteiger partial charge in [0.2, 0.25) is 11.7 Å². The highest BCUT2D eigenvalue weighted by Gasteiger charge is 2.41. The third-order valence-corrected chi connectivity index (χ3v) is 7.97. The zero-order valence-electron chi connectivity index (χ0n) is 21.5. The van der Waals surface area contributed by atoms with Crippen molar-refractivity contribution in [2.45, 2.75) is 45.5 Å². The number of piperidine rings is 1. The summed E-state index contributed by atoms with van der Waals surface area (Å²) in [4.78, 5) is 21.7. The Morgan fingerprint density at radius 1 is 1.18 bits per heavy atom. The number of carbonyl (C=O) groups excluding carboxylic acids is 1. The molecule has 4 heterocycles. The minimum Gasteiger partial charge on any atom is -0.493 e. The minimum atomic E-state index is -4.58. The Morgan fingerprint density at radius 2 is 2.00 bits per heavy atom. The van der Waals surface area contributed by atoms with Gasteiger partial charge < -0.3 is 19.1 Å². The summed E-state index contributed by atoms with van der Waals surface area (Å²) < 4.78 is 46.5. The Hall–Kier alpha value is -3.88. The molecule has 12 heteroatoms. The van der Waals surface area contributed by atoms with Crippen LogP contribution in [-0.2, 0) is 24.1 Å². The zero-order chi connectivity index (χ0) is 27.3. The summed E-state index contributed by atoms with van der Waals surface area (Å²) in [6, 6.07) is 8.03. The van der Waals surface area contributed by atoms with E-state index in [1.54, 1.807) is 11.1 Å². The highest BCUT2D eigenvalue weighted by Crippen LogP contribution is 2.37. The molecule has 6 rings (SSSR count). The lowest BCUT2D eigenvalue weighted by atomic mass is 9.85. The Morgan fingerprint density at radius 3 is 2.72 bits per heavy atom. The monoisotopic (exact) mass is 539 g/mol. The number of rotatable bonds is 5. The Kier molecular flexibility index (Phi) is 6.32. The second-order valence-electron chi connectivity index (χ2n) is 10.7. The Labute approximate surface area is 223 Å². The van der Waals surface area contributed by atoms with E-state index >= 15 is 0 Å². The van der Waals surface area contributed by atoms with E-state index in [4.69, 9.17) is 4.74 Å². The number of carbonyl (C=O) groups is 1. The SMILES string of the molecule is CC1CN(c2c(C#N)cnc3cc(OCC4CC4)ccc23)CCC1C(=O)N1CCn2c(nnc2C(F)(F)F)C1. The van der Waals surface area contributed by atoms with Crippen molar-refractivity contribution >= 4 is 22.5 Å². The van der Waals surface area contributed by atoms with E-state index in [1.807, 2.05) is 25.1 Å². The van der Waals surface area contributed by atoms with Gasteiger partial charge in [0.25, 0.3) is 0 Å². The van der Waals surface area contributed by atoms with Crippen LogP contribution in [0.15, 0.2) is 24.4 Å². The standard InChI is InChI=1S/C27H28F3N7O2/c1-16-13-35(24-18(11-31)12-32-22-10-19(4-5-21(22)24)39-15-17-2-3-17)7-6-20(16)25(38)36-8-9-37-23(14-36)33-34-26(37)27(28,29)30/h4-5,10,12,16-17,20H,2-3,6-9,13-15H2,1H3. The van der Waals surface area contributed by atoms with Gasteiger partial charge in [0.05, 0.1) is 29.9 Å². The van der Waals surface area contributed by atoms with Crippen molar-refractivity contribution in [3.63, 3.8) is 0 Å². The van der Waals surface area contributed by atoms with E-state index in [2.05, 4.69) is 26.2 Å². The number of aromatic nitrogens is 4.